The summed E-state index contributed by atoms with van der Waals surface area (Å²) in [4.78, 5) is 14.8. The highest BCUT2D eigenvalue weighted by Crippen LogP contribution is 2.14. The van der Waals surface area contributed by atoms with Gasteiger partial charge < -0.3 is 4.90 Å². The highest BCUT2D eigenvalue weighted by Gasteiger charge is 2.11. The predicted octanol–water partition coefficient (Wildman–Crippen LogP) is 4.01. The zero-order valence-corrected chi connectivity index (χ0v) is 13.0. The van der Waals surface area contributed by atoms with E-state index in [1.807, 2.05) is 36.4 Å². The second-order valence-corrected chi connectivity index (χ2v) is 5.77. The van der Waals surface area contributed by atoms with Gasteiger partial charge in [0.1, 0.15) is 0 Å². The number of thiol groups is 1. The van der Waals surface area contributed by atoms with E-state index in [0.29, 0.717) is 12.1 Å². The first kappa shape index (κ1) is 14.2. The number of carbonyl (C=O) groups excluding carboxylic acids is 1. The fourth-order valence-electron chi connectivity index (χ4n) is 1.76. The Morgan fingerprint density at radius 3 is 2.26 bits per heavy atom. The average molecular weight is 336 g/mol. The topological polar surface area (TPSA) is 20.3 Å². The van der Waals surface area contributed by atoms with Crippen molar-refractivity contribution in [3.63, 3.8) is 0 Å². The summed E-state index contributed by atoms with van der Waals surface area (Å²) in [5.41, 5.74) is 1.78. The zero-order valence-electron chi connectivity index (χ0n) is 10.5. The Kier molecular flexibility index (Phi) is 4.66. The third-order valence-electron chi connectivity index (χ3n) is 2.79. The monoisotopic (exact) mass is 335 g/mol. The van der Waals surface area contributed by atoms with E-state index >= 15 is 0 Å². The lowest BCUT2D eigenvalue weighted by Gasteiger charge is -2.17. The van der Waals surface area contributed by atoms with E-state index in [-0.39, 0.29) is 5.91 Å². The first-order valence-electron chi connectivity index (χ1n) is 5.85. The van der Waals surface area contributed by atoms with E-state index in [1.165, 1.54) is 0 Å². The summed E-state index contributed by atoms with van der Waals surface area (Å²) >= 11 is 7.61. The van der Waals surface area contributed by atoms with Crippen LogP contribution in [0.25, 0.3) is 0 Å². The van der Waals surface area contributed by atoms with Crippen molar-refractivity contribution in [3.05, 3.63) is 64.1 Å². The lowest BCUT2D eigenvalue weighted by molar-refractivity contribution is 0.0785. The van der Waals surface area contributed by atoms with Crippen LogP contribution < -0.4 is 0 Å². The predicted molar refractivity (Wildman–Crippen MR) is 83.6 cm³/mol. The van der Waals surface area contributed by atoms with Gasteiger partial charge in [0.05, 0.1) is 0 Å². The normalized spacial score (nSPS) is 10.3. The van der Waals surface area contributed by atoms with Crippen molar-refractivity contribution < 1.29 is 4.79 Å². The molecule has 19 heavy (non-hydrogen) atoms. The van der Waals surface area contributed by atoms with E-state index in [2.05, 4.69) is 28.6 Å². The second-order valence-electron chi connectivity index (χ2n) is 4.33. The Balaban J connectivity index is 2.07. The Morgan fingerprint density at radius 1 is 1.11 bits per heavy atom. The van der Waals surface area contributed by atoms with Gasteiger partial charge in [0, 0.05) is 28.5 Å². The number of nitrogens with zero attached hydrogens (tertiary/aromatic N) is 1. The van der Waals surface area contributed by atoms with Gasteiger partial charge in [-0.2, -0.15) is 0 Å². The molecule has 0 fully saturated rings. The van der Waals surface area contributed by atoms with Gasteiger partial charge in [0.15, 0.2) is 0 Å². The average Bonchev–Trinajstić information content (AvgIpc) is 2.41. The Bertz CT molecular complexity index is 566. The van der Waals surface area contributed by atoms with Crippen molar-refractivity contribution in [2.45, 2.75) is 11.4 Å². The van der Waals surface area contributed by atoms with E-state index in [0.717, 1.165) is 14.9 Å². The van der Waals surface area contributed by atoms with Gasteiger partial charge >= 0.3 is 0 Å². The molecule has 0 saturated heterocycles. The standard InChI is InChI=1S/C15H14BrNOS/c1-17(10-11-2-6-13(16)7-3-11)15(18)12-4-8-14(19)9-5-12/h2-9,19H,10H2,1H3. The van der Waals surface area contributed by atoms with Crippen molar-refractivity contribution in [3.8, 4) is 0 Å². The van der Waals surface area contributed by atoms with Crippen molar-refractivity contribution in [2.75, 3.05) is 7.05 Å². The molecular weight excluding hydrogens is 322 g/mol. The Hall–Kier alpha value is -1.26. The van der Waals surface area contributed by atoms with Gasteiger partial charge in [-0.3, -0.25) is 4.79 Å². The molecule has 0 atom stereocenters. The molecule has 0 saturated carbocycles. The van der Waals surface area contributed by atoms with Crippen LogP contribution in [0.5, 0.6) is 0 Å². The van der Waals surface area contributed by atoms with Crippen LogP contribution in [-0.4, -0.2) is 17.9 Å². The summed E-state index contributed by atoms with van der Waals surface area (Å²) in [6, 6.07) is 15.2. The molecule has 0 radical (unpaired) electrons. The van der Waals surface area contributed by atoms with Crippen LogP contribution in [0, 0.1) is 0 Å². The minimum absolute atomic E-state index is 0.0104. The first-order chi connectivity index (χ1) is 9.06. The van der Waals surface area contributed by atoms with Crippen LogP contribution in [0.15, 0.2) is 57.9 Å². The number of carbonyl (C=O) groups is 1. The number of rotatable bonds is 3. The SMILES string of the molecule is CN(Cc1ccc(Br)cc1)C(=O)c1ccc(S)cc1. The first-order valence-corrected chi connectivity index (χ1v) is 7.09. The molecule has 98 valence electrons. The number of hydrogen-bond acceptors (Lipinski definition) is 2. The fourth-order valence-corrected chi connectivity index (χ4v) is 2.17. The highest BCUT2D eigenvalue weighted by molar-refractivity contribution is 9.10. The summed E-state index contributed by atoms with van der Waals surface area (Å²) in [5.74, 6) is 0.0104. The Morgan fingerprint density at radius 2 is 1.68 bits per heavy atom. The largest absolute Gasteiger partial charge is 0.337 e. The molecule has 0 aromatic heterocycles. The molecular formula is C15H14BrNOS. The number of amides is 1. The van der Waals surface area contributed by atoms with Crippen LogP contribution in [0.3, 0.4) is 0 Å². The van der Waals surface area contributed by atoms with Crippen molar-refractivity contribution in [1.82, 2.24) is 4.90 Å². The van der Waals surface area contributed by atoms with Gasteiger partial charge in [0.25, 0.3) is 5.91 Å². The van der Waals surface area contributed by atoms with E-state index in [9.17, 15) is 4.79 Å². The summed E-state index contributed by atoms with van der Waals surface area (Å²) in [6.45, 7) is 0.592. The van der Waals surface area contributed by atoms with Crippen LogP contribution in [-0.2, 0) is 6.54 Å². The molecule has 0 heterocycles. The molecule has 0 aliphatic carbocycles. The summed E-state index contributed by atoms with van der Waals surface area (Å²) in [5, 5.41) is 0. The molecule has 0 N–H and O–H groups in total. The molecule has 0 aliphatic heterocycles. The molecule has 2 aromatic carbocycles. The molecule has 0 aliphatic rings. The molecule has 2 nitrogen and oxygen atoms in total. The molecule has 2 rings (SSSR count). The van der Waals surface area contributed by atoms with Crippen LogP contribution in [0.2, 0.25) is 0 Å². The smallest absolute Gasteiger partial charge is 0.253 e. The van der Waals surface area contributed by atoms with Gasteiger partial charge in [-0.1, -0.05) is 28.1 Å². The minimum atomic E-state index is 0.0104. The summed E-state index contributed by atoms with van der Waals surface area (Å²) < 4.78 is 1.04. The van der Waals surface area contributed by atoms with E-state index in [4.69, 9.17) is 0 Å². The molecule has 1 amide bonds. The number of hydrogen-bond donors (Lipinski definition) is 1. The van der Waals surface area contributed by atoms with Crippen molar-refractivity contribution in [1.29, 1.82) is 0 Å². The summed E-state index contributed by atoms with van der Waals surface area (Å²) in [7, 11) is 1.80. The van der Waals surface area contributed by atoms with Crippen molar-refractivity contribution in [2.24, 2.45) is 0 Å². The fraction of sp³-hybridized carbons (Fsp3) is 0.133. The maximum absolute atomic E-state index is 12.2. The zero-order chi connectivity index (χ0) is 13.8. The van der Waals surface area contributed by atoms with Gasteiger partial charge in [-0.25, -0.2) is 0 Å². The van der Waals surface area contributed by atoms with Gasteiger partial charge in [0.2, 0.25) is 0 Å². The minimum Gasteiger partial charge on any atom is -0.337 e. The second kappa shape index (κ2) is 6.26. The van der Waals surface area contributed by atoms with Crippen LogP contribution >= 0.6 is 28.6 Å². The maximum atomic E-state index is 12.2. The molecule has 4 heteroatoms. The molecule has 0 unspecified atom stereocenters. The lowest BCUT2D eigenvalue weighted by Crippen LogP contribution is -2.26. The van der Waals surface area contributed by atoms with Gasteiger partial charge in [-0.05, 0) is 42.0 Å². The summed E-state index contributed by atoms with van der Waals surface area (Å²) in [6.07, 6.45) is 0. The quantitative estimate of drug-likeness (QED) is 0.840. The van der Waals surface area contributed by atoms with Crippen LogP contribution in [0.4, 0.5) is 0 Å². The highest BCUT2D eigenvalue weighted by atomic mass is 79.9. The maximum Gasteiger partial charge on any atom is 0.253 e. The van der Waals surface area contributed by atoms with E-state index < -0.39 is 0 Å². The Labute approximate surface area is 127 Å². The van der Waals surface area contributed by atoms with Crippen molar-refractivity contribution >= 4 is 34.5 Å². The molecule has 0 bridgehead atoms. The number of halogens is 1. The molecule has 0 spiro atoms. The van der Waals surface area contributed by atoms with Crippen LogP contribution in [0.1, 0.15) is 15.9 Å². The third kappa shape index (κ3) is 3.85. The van der Waals surface area contributed by atoms with Gasteiger partial charge in [-0.15, -0.1) is 12.6 Å². The number of benzene rings is 2. The molecule has 2 aromatic rings. The van der Waals surface area contributed by atoms with E-state index in [1.54, 1.807) is 24.1 Å². The lowest BCUT2D eigenvalue weighted by atomic mass is 10.1. The third-order valence-corrected chi connectivity index (χ3v) is 3.62.